The van der Waals surface area contributed by atoms with Crippen LogP contribution in [0.1, 0.15) is 53.6 Å². The zero-order valence-corrected chi connectivity index (χ0v) is 33.7. The van der Waals surface area contributed by atoms with Crippen LogP contribution in [0.15, 0.2) is 127 Å². The van der Waals surface area contributed by atoms with Crippen molar-refractivity contribution in [3.63, 3.8) is 0 Å². The first-order chi connectivity index (χ1) is 28.0. The molecule has 306 valence electrons. The lowest BCUT2D eigenvalue weighted by atomic mass is 9.89. The average molecular weight is 811 g/mol. The highest BCUT2D eigenvalue weighted by Crippen LogP contribution is 2.36. The molecule has 0 saturated heterocycles. The molecule has 5 rings (SSSR count). The zero-order valence-electron chi connectivity index (χ0n) is 32.9. The normalized spacial score (nSPS) is 11.8. The van der Waals surface area contributed by atoms with Crippen LogP contribution < -0.4 is 18.9 Å². The van der Waals surface area contributed by atoms with Crippen LogP contribution in [0.3, 0.4) is 0 Å². The molecule has 0 aliphatic rings. The predicted molar refractivity (Wildman–Crippen MR) is 221 cm³/mol. The van der Waals surface area contributed by atoms with E-state index in [1.807, 2.05) is 91.0 Å². The molecule has 0 aliphatic carbocycles. The number of carbonyl (C=O) groups is 2. The molecule has 0 bridgehead atoms. The molecule has 12 nitrogen and oxygen atoms in total. The first-order valence-corrected chi connectivity index (χ1v) is 20.9. The van der Waals surface area contributed by atoms with Gasteiger partial charge in [-0.1, -0.05) is 91.0 Å². The van der Waals surface area contributed by atoms with Crippen LogP contribution in [-0.2, 0) is 42.2 Å². The maximum Gasteiger partial charge on any atom is 0.344 e. The third-order valence-corrected chi connectivity index (χ3v) is 9.66. The number of sulfonamides is 1. The number of hydrogen-bond acceptors (Lipinski definition) is 11. The van der Waals surface area contributed by atoms with Gasteiger partial charge in [0.15, 0.2) is 13.2 Å². The number of anilines is 1. The Morgan fingerprint density at radius 2 is 1.17 bits per heavy atom. The molecule has 0 radical (unpaired) electrons. The van der Waals surface area contributed by atoms with Crippen LogP contribution >= 0.6 is 0 Å². The maximum atomic E-state index is 12.6. The van der Waals surface area contributed by atoms with Gasteiger partial charge in [-0.05, 0) is 78.1 Å². The lowest BCUT2D eigenvalue weighted by molar-refractivity contribution is -0.146. The van der Waals surface area contributed by atoms with E-state index in [9.17, 15) is 23.1 Å². The summed E-state index contributed by atoms with van der Waals surface area (Å²) in [5.41, 5.74) is 4.68. The Morgan fingerprint density at radius 3 is 1.66 bits per heavy atom. The topological polar surface area (TPSA) is 150 Å². The Labute approximate surface area is 340 Å². The van der Waals surface area contributed by atoms with Crippen LogP contribution in [0.4, 0.5) is 5.69 Å². The molecule has 0 fully saturated rings. The summed E-state index contributed by atoms with van der Waals surface area (Å²) >= 11 is 0. The van der Waals surface area contributed by atoms with Crippen molar-refractivity contribution in [2.45, 2.75) is 39.0 Å². The summed E-state index contributed by atoms with van der Waals surface area (Å²) in [4.78, 5) is 26.1. The maximum absolute atomic E-state index is 12.6. The number of nitrogens with one attached hydrogen (secondary N) is 1. The minimum atomic E-state index is -3.70. The molecule has 5 aromatic carbocycles. The largest absolute Gasteiger partial charge is 0.487 e. The van der Waals surface area contributed by atoms with Gasteiger partial charge in [0.25, 0.3) is 0 Å². The predicted octanol–water partition coefficient (Wildman–Crippen LogP) is 6.89. The van der Waals surface area contributed by atoms with Crippen molar-refractivity contribution in [3.05, 3.63) is 155 Å². The van der Waals surface area contributed by atoms with E-state index >= 15 is 0 Å². The molecular weight excluding hydrogens is 761 g/mol. The van der Waals surface area contributed by atoms with E-state index < -0.39 is 28.0 Å². The van der Waals surface area contributed by atoms with Crippen molar-refractivity contribution in [2.75, 3.05) is 50.6 Å². The van der Waals surface area contributed by atoms with Gasteiger partial charge in [0.2, 0.25) is 10.0 Å². The lowest BCUT2D eigenvalue weighted by Gasteiger charge is -2.35. The van der Waals surface area contributed by atoms with Crippen molar-refractivity contribution in [1.29, 1.82) is 0 Å². The SMILES string of the molecule is CCOC(=O)COc1ccc(C(CN(Cc2ccccc2)[C@@H](CO)c2ccc(OCc3ccccc3)c(NS(C)(=O)=O)c2)c2ccc(OCC(=O)OCC)cc2)cc1. The number of nitrogens with zero attached hydrogens (tertiary/aromatic N) is 1. The number of rotatable bonds is 22. The first kappa shape index (κ1) is 43.2. The summed E-state index contributed by atoms with van der Waals surface area (Å²) in [5, 5.41) is 11.2. The first-order valence-electron chi connectivity index (χ1n) is 19.0. The number of hydrogen-bond donors (Lipinski definition) is 2. The van der Waals surface area contributed by atoms with E-state index in [1.54, 1.807) is 50.2 Å². The van der Waals surface area contributed by atoms with Gasteiger partial charge < -0.3 is 28.8 Å². The second kappa shape index (κ2) is 21.6. The van der Waals surface area contributed by atoms with Gasteiger partial charge >= 0.3 is 11.9 Å². The molecule has 0 saturated carbocycles. The summed E-state index contributed by atoms with van der Waals surface area (Å²) in [7, 11) is -3.70. The van der Waals surface area contributed by atoms with Gasteiger partial charge in [-0.25, -0.2) is 18.0 Å². The van der Waals surface area contributed by atoms with Gasteiger partial charge in [0.1, 0.15) is 23.9 Å². The van der Waals surface area contributed by atoms with Crippen molar-refractivity contribution in [3.8, 4) is 17.2 Å². The van der Waals surface area contributed by atoms with Gasteiger partial charge in [0, 0.05) is 19.0 Å². The van der Waals surface area contributed by atoms with Crippen LogP contribution in [0.25, 0.3) is 0 Å². The van der Waals surface area contributed by atoms with Gasteiger partial charge in [-0.3, -0.25) is 9.62 Å². The molecule has 0 spiro atoms. The van der Waals surface area contributed by atoms with Crippen molar-refractivity contribution in [1.82, 2.24) is 4.90 Å². The Kier molecular flexibility index (Phi) is 16.1. The highest BCUT2D eigenvalue weighted by atomic mass is 32.2. The lowest BCUT2D eigenvalue weighted by Crippen LogP contribution is -2.35. The smallest absolute Gasteiger partial charge is 0.344 e. The highest BCUT2D eigenvalue weighted by molar-refractivity contribution is 7.92. The second-order valence-corrected chi connectivity index (χ2v) is 15.1. The molecule has 5 aromatic rings. The summed E-state index contributed by atoms with van der Waals surface area (Å²) in [6, 6.07) is 39.0. The summed E-state index contributed by atoms with van der Waals surface area (Å²) in [6.45, 7) is 4.30. The van der Waals surface area contributed by atoms with Gasteiger partial charge in [0.05, 0.1) is 37.8 Å². The van der Waals surface area contributed by atoms with E-state index in [4.69, 9.17) is 23.7 Å². The van der Waals surface area contributed by atoms with Gasteiger partial charge in [-0.15, -0.1) is 0 Å². The quantitative estimate of drug-likeness (QED) is 0.0704. The molecular formula is C45H50N2O10S. The van der Waals surface area contributed by atoms with Crippen LogP contribution in [0.2, 0.25) is 0 Å². The fourth-order valence-corrected chi connectivity index (χ4v) is 6.93. The minimum Gasteiger partial charge on any atom is -0.487 e. The van der Waals surface area contributed by atoms with Crippen LogP contribution in [0.5, 0.6) is 17.2 Å². The van der Waals surface area contributed by atoms with E-state index in [0.717, 1.165) is 28.5 Å². The average Bonchev–Trinajstić information content (AvgIpc) is 3.22. The Balaban J connectivity index is 1.51. The fraction of sp³-hybridized carbons (Fsp3) is 0.289. The summed E-state index contributed by atoms with van der Waals surface area (Å²) < 4.78 is 55.2. The molecule has 0 amide bonds. The molecule has 0 heterocycles. The molecule has 2 N–H and O–H groups in total. The van der Waals surface area contributed by atoms with Crippen molar-refractivity contribution < 1.29 is 46.8 Å². The van der Waals surface area contributed by atoms with Gasteiger partial charge in [-0.2, -0.15) is 0 Å². The van der Waals surface area contributed by atoms with Crippen LogP contribution in [0, 0.1) is 0 Å². The monoisotopic (exact) mass is 810 g/mol. The Hall–Kier alpha value is -5.89. The van der Waals surface area contributed by atoms with Crippen molar-refractivity contribution >= 4 is 27.6 Å². The van der Waals surface area contributed by atoms with Crippen molar-refractivity contribution in [2.24, 2.45) is 0 Å². The standard InChI is InChI=1S/C45H50N2O10S/c1-4-53-44(49)31-55-38-21-16-35(17-22-38)40(36-18-23-39(24-19-36)56-32-45(50)54-5-2)28-47(27-33-12-8-6-9-13-33)42(29-48)37-20-25-43(41(26-37)46-58(3,51)52)57-30-34-14-10-7-11-15-34/h6-26,40,42,46,48H,4-5,27-32H2,1-3H3/t42-/m0/s1. The summed E-state index contributed by atoms with van der Waals surface area (Å²) in [6.07, 6.45) is 1.08. The Bertz CT molecular complexity index is 2080. The fourth-order valence-electron chi connectivity index (χ4n) is 6.37. The number of carbonyl (C=O) groups excluding carboxylic acids is 2. The number of esters is 2. The molecule has 0 aromatic heterocycles. The minimum absolute atomic E-state index is 0.223. The molecule has 0 unspecified atom stereocenters. The Morgan fingerprint density at radius 1 is 0.672 bits per heavy atom. The molecule has 58 heavy (non-hydrogen) atoms. The van der Waals surface area contributed by atoms with E-state index in [1.165, 1.54) is 0 Å². The third kappa shape index (κ3) is 13.4. The molecule has 1 atom stereocenters. The number of aliphatic hydroxyl groups excluding tert-OH is 1. The number of benzene rings is 5. The second-order valence-electron chi connectivity index (χ2n) is 13.4. The van der Waals surface area contributed by atoms with Crippen LogP contribution in [-0.4, -0.2) is 76.2 Å². The van der Waals surface area contributed by atoms with E-state index in [0.29, 0.717) is 35.9 Å². The third-order valence-electron chi connectivity index (χ3n) is 9.07. The van der Waals surface area contributed by atoms with E-state index in [2.05, 4.69) is 9.62 Å². The molecule has 13 heteroatoms. The van der Waals surface area contributed by atoms with E-state index in [-0.39, 0.29) is 51.2 Å². The molecule has 0 aliphatic heterocycles. The highest BCUT2D eigenvalue weighted by Gasteiger charge is 2.27. The summed E-state index contributed by atoms with van der Waals surface area (Å²) in [5.74, 6) is 0.121. The number of aliphatic hydroxyl groups is 1. The zero-order chi connectivity index (χ0) is 41.3. The number of ether oxygens (including phenoxy) is 5.